The fourth-order valence-electron chi connectivity index (χ4n) is 2.94. The molecule has 1 heterocycles. The van der Waals surface area contributed by atoms with Crippen LogP contribution in [0.5, 0.6) is 23.0 Å². The number of halogens is 1. The minimum atomic E-state index is -0.674. The molecule has 0 bridgehead atoms. The normalized spacial score (nSPS) is 10.5. The minimum absolute atomic E-state index is 0.00746. The molecule has 0 fully saturated rings. The summed E-state index contributed by atoms with van der Waals surface area (Å²) in [5.74, 6) is -1.41. The highest BCUT2D eigenvalue weighted by atomic mass is 79.9. The third-order valence-corrected chi connectivity index (χ3v) is 4.79. The summed E-state index contributed by atoms with van der Waals surface area (Å²) in [6, 6.07) is 7.20. The summed E-state index contributed by atoms with van der Waals surface area (Å²) in [5, 5.41) is -0.0274. The van der Waals surface area contributed by atoms with Gasteiger partial charge in [0.25, 0.3) is 0 Å². The van der Waals surface area contributed by atoms with Crippen LogP contribution >= 0.6 is 15.9 Å². The van der Waals surface area contributed by atoms with E-state index in [1.54, 1.807) is 12.1 Å². The van der Waals surface area contributed by atoms with Crippen molar-refractivity contribution in [3.63, 3.8) is 0 Å². The zero-order valence-electron chi connectivity index (χ0n) is 17.4. The topological polar surface area (TPSA) is 118 Å². The van der Waals surface area contributed by atoms with Crippen LogP contribution in [0.3, 0.4) is 0 Å². The molecule has 0 aliphatic carbocycles. The van der Waals surface area contributed by atoms with Crippen LogP contribution in [0.4, 0.5) is 0 Å². The van der Waals surface area contributed by atoms with E-state index in [1.807, 2.05) is 0 Å². The van der Waals surface area contributed by atoms with Crippen molar-refractivity contribution in [2.75, 3.05) is 7.11 Å². The first-order valence-corrected chi connectivity index (χ1v) is 9.94. The number of carbonyl (C=O) groups excluding carboxylic acids is 3. The van der Waals surface area contributed by atoms with Crippen LogP contribution in [0.25, 0.3) is 22.3 Å². The van der Waals surface area contributed by atoms with Gasteiger partial charge in [0.1, 0.15) is 26.9 Å². The van der Waals surface area contributed by atoms with Crippen molar-refractivity contribution in [2.45, 2.75) is 20.8 Å². The molecule has 0 N–H and O–H groups in total. The summed E-state index contributed by atoms with van der Waals surface area (Å²) in [6.45, 7) is 3.61. The fraction of sp³-hybridized carbons (Fsp3) is 0.182. The molecule has 0 radical (unpaired) electrons. The number of ether oxygens (including phenoxy) is 4. The summed E-state index contributed by atoms with van der Waals surface area (Å²) in [4.78, 5) is 47.5. The van der Waals surface area contributed by atoms with Crippen molar-refractivity contribution in [3.8, 4) is 34.3 Å². The molecule has 0 unspecified atom stereocenters. The lowest BCUT2D eigenvalue weighted by molar-refractivity contribution is -0.133. The maximum atomic E-state index is 13.1. The fourth-order valence-corrected chi connectivity index (χ4v) is 3.44. The van der Waals surface area contributed by atoms with Crippen molar-refractivity contribution in [3.05, 3.63) is 45.0 Å². The average Bonchev–Trinajstić information content (AvgIpc) is 2.69. The second-order valence-electron chi connectivity index (χ2n) is 6.52. The van der Waals surface area contributed by atoms with Gasteiger partial charge in [0, 0.05) is 38.5 Å². The van der Waals surface area contributed by atoms with Gasteiger partial charge >= 0.3 is 17.9 Å². The summed E-state index contributed by atoms with van der Waals surface area (Å²) in [6.07, 6.45) is 0. The van der Waals surface area contributed by atoms with Crippen LogP contribution in [0.1, 0.15) is 20.8 Å². The Morgan fingerprint density at radius 1 is 0.844 bits per heavy atom. The smallest absolute Gasteiger partial charge is 0.308 e. The standard InChI is InChI=1S/C22H17BrO9/c1-10(24)29-14-8-17(31-12(3)26)19-18(9-14)32-22(20(23)21(19)27)13-5-6-15(28-4)16(7-13)30-11(2)25/h5-9H,1-4H3. The van der Waals surface area contributed by atoms with E-state index in [1.165, 1.54) is 46.1 Å². The van der Waals surface area contributed by atoms with Gasteiger partial charge in [-0.2, -0.15) is 0 Å². The van der Waals surface area contributed by atoms with Gasteiger partial charge in [-0.3, -0.25) is 19.2 Å². The lowest BCUT2D eigenvalue weighted by atomic mass is 10.1. The SMILES string of the molecule is COc1ccc(-c2oc3cc(OC(C)=O)cc(OC(C)=O)c3c(=O)c2Br)cc1OC(C)=O. The Balaban J connectivity index is 2.29. The molecule has 3 aromatic rings. The van der Waals surface area contributed by atoms with Crippen LogP contribution in [-0.2, 0) is 14.4 Å². The Kier molecular flexibility index (Phi) is 6.64. The molecule has 2 aromatic carbocycles. The van der Waals surface area contributed by atoms with Crippen LogP contribution in [0.2, 0.25) is 0 Å². The van der Waals surface area contributed by atoms with Crippen LogP contribution in [0.15, 0.2) is 44.0 Å². The Hall–Kier alpha value is -3.66. The number of esters is 3. The number of hydrogen-bond acceptors (Lipinski definition) is 9. The maximum Gasteiger partial charge on any atom is 0.308 e. The van der Waals surface area contributed by atoms with Crippen molar-refractivity contribution >= 4 is 44.8 Å². The molecule has 166 valence electrons. The molecular weight excluding hydrogens is 488 g/mol. The van der Waals surface area contributed by atoms with E-state index in [2.05, 4.69) is 15.9 Å². The molecule has 9 nitrogen and oxygen atoms in total. The zero-order chi connectivity index (χ0) is 23.6. The molecule has 10 heteroatoms. The molecule has 0 aliphatic heterocycles. The number of rotatable bonds is 5. The van der Waals surface area contributed by atoms with E-state index in [-0.39, 0.29) is 38.5 Å². The van der Waals surface area contributed by atoms with Gasteiger partial charge in [0.2, 0.25) is 5.43 Å². The zero-order valence-corrected chi connectivity index (χ0v) is 19.0. The van der Waals surface area contributed by atoms with E-state index in [9.17, 15) is 19.2 Å². The van der Waals surface area contributed by atoms with E-state index < -0.39 is 23.3 Å². The van der Waals surface area contributed by atoms with E-state index in [4.69, 9.17) is 23.4 Å². The molecule has 0 saturated carbocycles. The lowest BCUT2D eigenvalue weighted by Gasteiger charge is -2.13. The third kappa shape index (κ3) is 4.80. The average molecular weight is 505 g/mol. The highest BCUT2D eigenvalue weighted by molar-refractivity contribution is 9.10. The highest BCUT2D eigenvalue weighted by Crippen LogP contribution is 2.38. The summed E-state index contributed by atoms with van der Waals surface area (Å²) >= 11 is 3.24. The molecule has 32 heavy (non-hydrogen) atoms. The predicted octanol–water partition coefficient (Wildman–Crippen LogP) is 4.01. The third-order valence-electron chi connectivity index (χ3n) is 4.07. The Morgan fingerprint density at radius 3 is 2.06 bits per heavy atom. The lowest BCUT2D eigenvalue weighted by Crippen LogP contribution is -2.10. The minimum Gasteiger partial charge on any atom is -0.493 e. The molecule has 3 rings (SSSR count). The predicted molar refractivity (Wildman–Crippen MR) is 116 cm³/mol. The van der Waals surface area contributed by atoms with Gasteiger partial charge in [-0.15, -0.1) is 0 Å². The summed E-state index contributed by atoms with van der Waals surface area (Å²) in [7, 11) is 1.42. The van der Waals surface area contributed by atoms with Crippen LogP contribution in [-0.4, -0.2) is 25.0 Å². The van der Waals surface area contributed by atoms with E-state index in [0.29, 0.717) is 11.3 Å². The molecule has 0 saturated heterocycles. The van der Waals surface area contributed by atoms with Gasteiger partial charge in [-0.25, -0.2) is 0 Å². The first kappa shape index (κ1) is 23.0. The van der Waals surface area contributed by atoms with E-state index >= 15 is 0 Å². The number of carbonyl (C=O) groups is 3. The monoisotopic (exact) mass is 504 g/mol. The van der Waals surface area contributed by atoms with Gasteiger partial charge in [-0.05, 0) is 34.1 Å². The van der Waals surface area contributed by atoms with Crippen LogP contribution in [0, 0.1) is 0 Å². The number of hydrogen-bond donors (Lipinski definition) is 0. The maximum absolute atomic E-state index is 13.1. The Morgan fingerprint density at radius 2 is 1.47 bits per heavy atom. The highest BCUT2D eigenvalue weighted by Gasteiger charge is 2.21. The molecular formula is C22H17BrO9. The molecule has 0 aliphatic rings. The van der Waals surface area contributed by atoms with Gasteiger partial charge < -0.3 is 23.4 Å². The second-order valence-corrected chi connectivity index (χ2v) is 7.31. The van der Waals surface area contributed by atoms with Gasteiger partial charge in [0.15, 0.2) is 17.3 Å². The number of fused-ring (bicyclic) bond motifs is 1. The molecule has 0 atom stereocenters. The summed E-state index contributed by atoms with van der Waals surface area (Å²) in [5.41, 5.74) is -0.135. The molecule has 0 spiro atoms. The number of methoxy groups -OCH3 is 1. The van der Waals surface area contributed by atoms with E-state index in [0.717, 1.165) is 0 Å². The molecule has 0 amide bonds. The van der Waals surface area contributed by atoms with Crippen molar-refractivity contribution in [1.29, 1.82) is 0 Å². The van der Waals surface area contributed by atoms with Crippen molar-refractivity contribution < 1.29 is 37.7 Å². The Bertz CT molecular complexity index is 1310. The Labute approximate surface area is 189 Å². The van der Waals surface area contributed by atoms with Crippen molar-refractivity contribution in [2.24, 2.45) is 0 Å². The second kappa shape index (κ2) is 9.23. The van der Waals surface area contributed by atoms with Crippen molar-refractivity contribution in [1.82, 2.24) is 0 Å². The number of benzene rings is 2. The van der Waals surface area contributed by atoms with Crippen LogP contribution < -0.4 is 24.4 Å². The first-order valence-electron chi connectivity index (χ1n) is 9.14. The first-order chi connectivity index (χ1) is 15.1. The van der Waals surface area contributed by atoms with Gasteiger partial charge in [0.05, 0.1) is 7.11 Å². The molecule has 1 aromatic heterocycles. The quantitative estimate of drug-likeness (QED) is 0.374. The van der Waals surface area contributed by atoms with Gasteiger partial charge in [-0.1, -0.05) is 0 Å². The summed E-state index contributed by atoms with van der Waals surface area (Å²) < 4.78 is 26.5. The largest absolute Gasteiger partial charge is 0.493 e.